The molecule has 8 nitrogen and oxygen atoms in total. The first-order valence-corrected chi connectivity index (χ1v) is 7.94. The Hall–Kier alpha value is -1.06. The van der Waals surface area contributed by atoms with E-state index in [1.165, 1.54) is 0 Å². The molecule has 23 heavy (non-hydrogen) atoms. The predicted molar refractivity (Wildman–Crippen MR) is 80.2 cm³/mol. The lowest BCUT2D eigenvalue weighted by molar-refractivity contribution is -0.293. The number of aliphatic hydroxyl groups excluding tert-OH is 3. The summed E-state index contributed by atoms with van der Waals surface area (Å²) in [5.41, 5.74) is 5.01. The largest absolute Gasteiger partial charge is 0.388 e. The first-order valence-electron chi connectivity index (χ1n) is 7.94. The van der Waals surface area contributed by atoms with Crippen LogP contribution in [0, 0.1) is 0 Å². The van der Waals surface area contributed by atoms with Gasteiger partial charge in [0.2, 0.25) is 5.91 Å². The lowest BCUT2D eigenvalue weighted by Gasteiger charge is -2.38. The first-order chi connectivity index (χ1) is 10.8. The zero-order valence-corrected chi connectivity index (χ0v) is 13.4. The van der Waals surface area contributed by atoms with E-state index in [1.54, 1.807) is 6.92 Å². The molecule has 0 unspecified atom stereocenters. The van der Waals surface area contributed by atoms with E-state index in [0.29, 0.717) is 38.5 Å². The number of amides is 1. The molecule has 1 amide bonds. The summed E-state index contributed by atoms with van der Waals surface area (Å²) in [5, 5.41) is 29.0. The summed E-state index contributed by atoms with van der Waals surface area (Å²) in [5.74, 6) is -0.287. The van der Waals surface area contributed by atoms with Gasteiger partial charge in [0.15, 0.2) is 6.29 Å². The third-order valence-electron chi connectivity index (χ3n) is 3.82. The van der Waals surface area contributed by atoms with Crippen LogP contribution in [0.4, 0.5) is 0 Å². The van der Waals surface area contributed by atoms with Crippen molar-refractivity contribution in [3.63, 3.8) is 0 Å². The van der Waals surface area contributed by atoms with Gasteiger partial charge >= 0.3 is 0 Å². The van der Waals surface area contributed by atoms with E-state index >= 15 is 0 Å². The molecule has 0 aromatic rings. The third kappa shape index (κ3) is 6.92. The molecule has 0 aromatic carbocycles. The molecular formula is C15H27NO7. The smallest absolute Gasteiger partial charge is 0.217 e. The SMILES string of the molecule is C[C@@H]1O[C@@H](OCCCC(=O)CCCCC(N)=O)[C@@H](O)[C@H](O)[C@@H]1O. The number of hydrogen-bond acceptors (Lipinski definition) is 7. The molecule has 134 valence electrons. The molecule has 0 spiro atoms. The van der Waals surface area contributed by atoms with Gasteiger partial charge < -0.3 is 30.5 Å². The zero-order valence-electron chi connectivity index (χ0n) is 13.4. The molecule has 1 aliphatic rings. The third-order valence-corrected chi connectivity index (χ3v) is 3.82. The highest BCUT2D eigenvalue weighted by Gasteiger charge is 2.42. The Bertz CT molecular complexity index is 390. The van der Waals surface area contributed by atoms with Gasteiger partial charge in [0.05, 0.1) is 12.7 Å². The van der Waals surface area contributed by atoms with Gasteiger partial charge in [-0.2, -0.15) is 0 Å². The van der Waals surface area contributed by atoms with Gasteiger partial charge in [-0.1, -0.05) is 0 Å². The van der Waals surface area contributed by atoms with E-state index < -0.39 is 30.7 Å². The van der Waals surface area contributed by atoms with Crippen LogP contribution in [-0.2, 0) is 19.1 Å². The highest BCUT2D eigenvalue weighted by Crippen LogP contribution is 2.21. The predicted octanol–water partition coefficient (Wildman–Crippen LogP) is -0.774. The molecule has 0 bridgehead atoms. The molecule has 0 radical (unpaired) electrons. The van der Waals surface area contributed by atoms with E-state index in [1.807, 2.05) is 0 Å². The van der Waals surface area contributed by atoms with Crippen molar-refractivity contribution in [3.8, 4) is 0 Å². The van der Waals surface area contributed by atoms with Crippen LogP contribution in [0.3, 0.4) is 0 Å². The van der Waals surface area contributed by atoms with Crippen LogP contribution < -0.4 is 5.73 Å². The fourth-order valence-corrected chi connectivity index (χ4v) is 2.37. The topological polar surface area (TPSA) is 139 Å². The zero-order chi connectivity index (χ0) is 17.4. The number of carbonyl (C=O) groups excluding carboxylic acids is 2. The van der Waals surface area contributed by atoms with E-state index in [0.717, 1.165) is 0 Å². The molecule has 8 heteroatoms. The number of ketones is 1. The quantitative estimate of drug-likeness (QED) is 0.385. The average molecular weight is 333 g/mol. The molecule has 5 atom stereocenters. The molecule has 0 aliphatic carbocycles. The summed E-state index contributed by atoms with van der Waals surface area (Å²) in [6, 6.07) is 0. The van der Waals surface area contributed by atoms with Gasteiger partial charge in [0.1, 0.15) is 24.1 Å². The van der Waals surface area contributed by atoms with Crippen molar-refractivity contribution in [1.29, 1.82) is 0 Å². The summed E-state index contributed by atoms with van der Waals surface area (Å²) < 4.78 is 10.6. The Balaban J connectivity index is 2.14. The second-order valence-electron chi connectivity index (χ2n) is 5.87. The van der Waals surface area contributed by atoms with Gasteiger partial charge in [0.25, 0.3) is 0 Å². The van der Waals surface area contributed by atoms with Crippen LogP contribution in [-0.4, -0.2) is 64.3 Å². The molecule has 1 fully saturated rings. The molecule has 1 heterocycles. The Labute approximate surface area is 135 Å². The van der Waals surface area contributed by atoms with Crippen LogP contribution in [0.1, 0.15) is 45.4 Å². The van der Waals surface area contributed by atoms with Crippen LogP contribution >= 0.6 is 0 Å². The normalized spacial score (nSPS) is 31.0. The number of primary amides is 1. The lowest BCUT2D eigenvalue weighted by Crippen LogP contribution is -2.57. The number of carbonyl (C=O) groups is 2. The Morgan fingerprint density at radius 3 is 2.26 bits per heavy atom. The van der Waals surface area contributed by atoms with Gasteiger partial charge in [-0.25, -0.2) is 0 Å². The Morgan fingerprint density at radius 1 is 1.00 bits per heavy atom. The minimum atomic E-state index is -1.33. The van der Waals surface area contributed by atoms with Crippen molar-refractivity contribution in [2.24, 2.45) is 5.73 Å². The number of nitrogens with two attached hydrogens (primary N) is 1. The van der Waals surface area contributed by atoms with Crippen molar-refractivity contribution in [3.05, 3.63) is 0 Å². The maximum Gasteiger partial charge on any atom is 0.217 e. The van der Waals surface area contributed by atoms with Crippen molar-refractivity contribution >= 4 is 11.7 Å². The molecule has 0 saturated carbocycles. The molecule has 1 aliphatic heterocycles. The minimum Gasteiger partial charge on any atom is -0.388 e. The lowest BCUT2D eigenvalue weighted by atomic mass is 10.00. The number of unbranched alkanes of at least 4 members (excludes halogenated alkanes) is 1. The highest BCUT2D eigenvalue weighted by atomic mass is 16.7. The van der Waals surface area contributed by atoms with Crippen LogP contribution in [0.5, 0.6) is 0 Å². The molecule has 1 saturated heterocycles. The number of aliphatic hydroxyl groups is 3. The highest BCUT2D eigenvalue weighted by molar-refractivity contribution is 5.78. The van der Waals surface area contributed by atoms with Gasteiger partial charge in [-0.15, -0.1) is 0 Å². The summed E-state index contributed by atoms with van der Waals surface area (Å²) in [6.45, 7) is 1.77. The van der Waals surface area contributed by atoms with Gasteiger partial charge in [-0.05, 0) is 26.2 Å². The second-order valence-corrected chi connectivity index (χ2v) is 5.87. The number of Topliss-reactive ketones (excluding diaryl/α,β-unsaturated/α-hetero) is 1. The van der Waals surface area contributed by atoms with E-state index in [9.17, 15) is 24.9 Å². The number of rotatable bonds is 10. The summed E-state index contributed by atoms with van der Waals surface area (Å²) in [6.07, 6.45) is -2.74. The van der Waals surface area contributed by atoms with Crippen molar-refractivity contribution in [2.45, 2.75) is 76.2 Å². The monoisotopic (exact) mass is 333 g/mol. The Morgan fingerprint density at radius 2 is 1.61 bits per heavy atom. The van der Waals surface area contributed by atoms with Crippen molar-refractivity contribution in [1.82, 2.24) is 0 Å². The minimum absolute atomic E-state index is 0.0759. The van der Waals surface area contributed by atoms with E-state index in [-0.39, 0.29) is 18.3 Å². The number of hydrogen-bond donors (Lipinski definition) is 4. The van der Waals surface area contributed by atoms with Crippen molar-refractivity contribution in [2.75, 3.05) is 6.61 Å². The summed E-state index contributed by atoms with van der Waals surface area (Å²) in [4.78, 5) is 22.2. The average Bonchev–Trinajstić information content (AvgIpc) is 2.50. The van der Waals surface area contributed by atoms with Crippen LogP contribution in [0.25, 0.3) is 0 Å². The first kappa shape index (κ1) is 20.0. The molecule has 5 N–H and O–H groups in total. The second kappa shape index (κ2) is 9.94. The van der Waals surface area contributed by atoms with Crippen LogP contribution in [0.2, 0.25) is 0 Å². The summed E-state index contributed by atoms with van der Waals surface area (Å²) >= 11 is 0. The fraction of sp³-hybridized carbons (Fsp3) is 0.867. The fourth-order valence-electron chi connectivity index (χ4n) is 2.37. The molecular weight excluding hydrogens is 306 g/mol. The standard InChI is InChI=1S/C15H27NO7/c1-9-12(19)13(20)14(21)15(23-9)22-8-4-6-10(17)5-2-3-7-11(16)18/h9,12-15,19-21H,2-8H2,1H3,(H2,16,18)/t9-,12+,13+,14-,15+/m0/s1. The van der Waals surface area contributed by atoms with E-state index in [2.05, 4.69) is 0 Å². The van der Waals surface area contributed by atoms with Gasteiger partial charge in [0, 0.05) is 19.3 Å². The summed E-state index contributed by atoms with van der Waals surface area (Å²) in [7, 11) is 0. The van der Waals surface area contributed by atoms with Gasteiger partial charge in [-0.3, -0.25) is 9.59 Å². The van der Waals surface area contributed by atoms with Crippen molar-refractivity contribution < 1.29 is 34.4 Å². The molecule has 1 rings (SSSR count). The van der Waals surface area contributed by atoms with E-state index in [4.69, 9.17) is 15.2 Å². The number of ether oxygens (including phenoxy) is 2. The maximum absolute atomic E-state index is 11.6. The Kier molecular flexibility index (Phi) is 8.64. The van der Waals surface area contributed by atoms with Crippen LogP contribution in [0.15, 0.2) is 0 Å². The molecule has 0 aromatic heterocycles. The maximum atomic E-state index is 11.6.